The van der Waals surface area contributed by atoms with Crippen LogP contribution < -0.4 is 10.1 Å². The van der Waals surface area contributed by atoms with E-state index in [1.54, 1.807) is 0 Å². The van der Waals surface area contributed by atoms with Crippen LogP contribution in [0, 0.1) is 0 Å². The lowest BCUT2D eigenvalue weighted by atomic mass is 10.4. The predicted octanol–water partition coefficient (Wildman–Crippen LogP) is -0.833. The molecule has 0 fully saturated rings. The van der Waals surface area contributed by atoms with E-state index >= 15 is 0 Å². The molecule has 1 atom stereocenters. The van der Waals surface area contributed by atoms with Crippen LogP contribution in [0.1, 0.15) is 6.92 Å². The molecule has 7 nitrogen and oxygen atoms in total. The Balaban J connectivity index is 2.56. The standard InChI is InChI=1S/C9H13N3O4/c1-6(14)11-9-2-8(3-10-12-9)16-5-7(15)4-13/h2-3,7,13,15H,4-5H2,1H3,(H,11,12,14)/t7-/m0/s1. The van der Waals surface area contributed by atoms with E-state index in [1.807, 2.05) is 0 Å². The van der Waals surface area contributed by atoms with E-state index in [4.69, 9.17) is 14.9 Å². The molecule has 0 spiro atoms. The van der Waals surface area contributed by atoms with Gasteiger partial charge in [0.1, 0.15) is 18.5 Å². The van der Waals surface area contributed by atoms with E-state index in [0.717, 1.165) is 0 Å². The van der Waals surface area contributed by atoms with E-state index in [-0.39, 0.29) is 24.9 Å². The first-order chi connectivity index (χ1) is 7.61. The van der Waals surface area contributed by atoms with Crippen LogP contribution in [0.25, 0.3) is 0 Å². The third-order valence-electron chi connectivity index (χ3n) is 1.59. The fraction of sp³-hybridized carbons (Fsp3) is 0.444. The summed E-state index contributed by atoms with van der Waals surface area (Å²) >= 11 is 0. The molecule has 0 bridgehead atoms. The fourth-order valence-electron chi connectivity index (χ4n) is 0.914. The number of carbonyl (C=O) groups is 1. The second-order valence-electron chi connectivity index (χ2n) is 3.11. The quantitative estimate of drug-likeness (QED) is 0.606. The number of nitrogens with zero attached hydrogens (tertiary/aromatic N) is 2. The van der Waals surface area contributed by atoms with Crippen molar-refractivity contribution in [1.82, 2.24) is 10.2 Å². The Morgan fingerprint density at radius 1 is 1.69 bits per heavy atom. The number of hydrogen-bond acceptors (Lipinski definition) is 6. The van der Waals surface area contributed by atoms with Crippen LogP contribution in [0.3, 0.4) is 0 Å². The van der Waals surface area contributed by atoms with Gasteiger partial charge in [0.25, 0.3) is 0 Å². The second-order valence-corrected chi connectivity index (χ2v) is 3.11. The minimum Gasteiger partial charge on any atom is -0.489 e. The highest BCUT2D eigenvalue weighted by molar-refractivity contribution is 5.87. The van der Waals surface area contributed by atoms with Crippen molar-refractivity contribution in [3.8, 4) is 5.75 Å². The van der Waals surface area contributed by atoms with E-state index < -0.39 is 6.10 Å². The Hall–Kier alpha value is -1.73. The molecule has 7 heteroatoms. The molecule has 0 saturated heterocycles. The lowest BCUT2D eigenvalue weighted by molar-refractivity contribution is -0.114. The molecule has 1 amide bonds. The summed E-state index contributed by atoms with van der Waals surface area (Å²) < 4.78 is 5.12. The maximum atomic E-state index is 10.7. The number of aliphatic hydroxyl groups is 2. The van der Waals surface area contributed by atoms with Crippen LogP contribution >= 0.6 is 0 Å². The molecule has 1 rings (SSSR count). The number of anilines is 1. The van der Waals surface area contributed by atoms with Gasteiger partial charge >= 0.3 is 0 Å². The predicted molar refractivity (Wildman–Crippen MR) is 54.9 cm³/mol. The van der Waals surface area contributed by atoms with E-state index in [1.165, 1.54) is 19.2 Å². The van der Waals surface area contributed by atoms with Gasteiger partial charge in [-0.15, -0.1) is 5.10 Å². The number of rotatable bonds is 5. The molecule has 0 aliphatic rings. The van der Waals surface area contributed by atoms with Gasteiger partial charge < -0.3 is 20.3 Å². The summed E-state index contributed by atoms with van der Waals surface area (Å²) in [5.74, 6) is 0.358. The highest BCUT2D eigenvalue weighted by Crippen LogP contribution is 2.12. The van der Waals surface area contributed by atoms with E-state index in [0.29, 0.717) is 5.75 Å². The molecule has 0 radical (unpaired) electrons. The summed E-state index contributed by atoms with van der Waals surface area (Å²) in [6.07, 6.45) is 0.396. The first-order valence-electron chi connectivity index (χ1n) is 4.64. The van der Waals surface area contributed by atoms with Crippen LogP contribution in [0.5, 0.6) is 5.75 Å². The maximum absolute atomic E-state index is 10.7. The average molecular weight is 227 g/mol. The van der Waals surface area contributed by atoms with Crippen molar-refractivity contribution < 1.29 is 19.7 Å². The van der Waals surface area contributed by atoms with E-state index in [2.05, 4.69) is 15.5 Å². The summed E-state index contributed by atoms with van der Waals surface area (Å²) in [5.41, 5.74) is 0. The number of carbonyl (C=O) groups excluding carboxylic acids is 1. The van der Waals surface area contributed by atoms with E-state index in [9.17, 15) is 4.79 Å². The Labute approximate surface area is 92.1 Å². The Morgan fingerprint density at radius 2 is 2.44 bits per heavy atom. The number of aliphatic hydroxyl groups excluding tert-OH is 2. The number of nitrogens with one attached hydrogen (secondary N) is 1. The van der Waals surface area contributed by atoms with Gasteiger partial charge in [0, 0.05) is 13.0 Å². The third kappa shape index (κ3) is 4.20. The molecule has 88 valence electrons. The lowest BCUT2D eigenvalue weighted by Gasteiger charge is -2.09. The van der Waals surface area contributed by atoms with Gasteiger partial charge in [0.15, 0.2) is 5.82 Å². The van der Waals surface area contributed by atoms with Gasteiger partial charge in [-0.25, -0.2) is 0 Å². The number of amides is 1. The zero-order valence-electron chi connectivity index (χ0n) is 8.75. The second kappa shape index (κ2) is 5.99. The number of ether oxygens (including phenoxy) is 1. The smallest absolute Gasteiger partial charge is 0.222 e. The fourth-order valence-corrected chi connectivity index (χ4v) is 0.914. The molecule has 1 heterocycles. The minimum absolute atomic E-state index is 0.0539. The Kier molecular flexibility index (Phi) is 4.62. The van der Waals surface area contributed by atoms with Crippen molar-refractivity contribution in [3.05, 3.63) is 12.3 Å². The largest absolute Gasteiger partial charge is 0.489 e. The molecule has 1 aromatic heterocycles. The first-order valence-corrected chi connectivity index (χ1v) is 4.64. The van der Waals surface area contributed by atoms with Crippen LogP contribution in [0.4, 0.5) is 5.82 Å². The zero-order chi connectivity index (χ0) is 12.0. The first kappa shape index (κ1) is 12.3. The highest BCUT2D eigenvalue weighted by atomic mass is 16.5. The topological polar surface area (TPSA) is 105 Å². The molecule has 16 heavy (non-hydrogen) atoms. The summed E-state index contributed by atoms with van der Waals surface area (Å²) in [4.78, 5) is 10.7. The summed E-state index contributed by atoms with van der Waals surface area (Å²) in [5, 5.41) is 27.3. The number of aromatic nitrogens is 2. The Bertz CT molecular complexity index is 358. The summed E-state index contributed by atoms with van der Waals surface area (Å²) in [7, 11) is 0. The molecule has 0 aliphatic carbocycles. The van der Waals surface area contributed by atoms with Crippen LogP contribution in [0.15, 0.2) is 12.3 Å². The molecule has 1 aromatic rings. The van der Waals surface area contributed by atoms with Gasteiger partial charge in [-0.3, -0.25) is 4.79 Å². The lowest BCUT2D eigenvalue weighted by Crippen LogP contribution is -2.21. The molecule has 0 saturated carbocycles. The third-order valence-corrected chi connectivity index (χ3v) is 1.59. The van der Waals surface area contributed by atoms with Gasteiger partial charge in [0.2, 0.25) is 5.91 Å². The van der Waals surface area contributed by atoms with Gasteiger partial charge in [0.05, 0.1) is 12.8 Å². The normalized spacial score (nSPS) is 11.9. The van der Waals surface area contributed by atoms with Crippen molar-refractivity contribution in [1.29, 1.82) is 0 Å². The van der Waals surface area contributed by atoms with Gasteiger partial charge in [-0.05, 0) is 0 Å². The molecular weight excluding hydrogens is 214 g/mol. The zero-order valence-corrected chi connectivity index (χ0v) is 8.75. The van der Waals surface area contributed by atoms with Gasteiger partial charge in [-0.1, -0.05) is 0 Å². The van der Waals surface area contributed by atoms with Crippen molar-refractivity contribution in [3.63, 3.8) is 0 Å². The maximum Gasteiger partial charge on any atom is 0.222 e. The molecule has 0 aliphatic heterocycles. The monoisotopic (exact) mass is 227 g/mol. The number of hydrogen-bond donors (Lipinski definition) is 3. The summed E-state index contributed by atoms with van der Waals surface area (Å²) in [6, 6.07) is 1.47. The average Bonchev–Trinajstić information content (AvgIpc) is 2.25. The van der Waals surface area contributed by atoms with Crippen molar-refractivity contribution in [2.24, 2.45) is 0 Å². The van der Waals surface area contributed by atoms with Crippen molar-refractivity contribution in [2.75, 3.05) is 18.5 Å². The minimum atomic E-state index is -0.947. The molecule has 3 N–H and O–H groups in total. The van der Waals surface area contributed by atoms with Crippen molar-refractivity contribution >= 4 is 11.7 Å². The van der Waals surface area contributed by atoms with Crippen LogP contribution in [0.2, 0.25) is 0 Å². The highest BCUT2D eigenvalue weighted by Gasteiger charge is 2.05. The molecular formula is C9H13N3O4. The molecule has 0 aromatic carbocycles. The Morgan fingerprint density at radius 3 is 3.06 bits per heavy atom. The molecule has 0 unspecified atom stereocenters. The van der Waals surface area contributed by atoms with Crippen LogP contribution in [-0.4, -0.2) is 45.6 Å². The van der Waals surface area contributed by atoms with Gasteiger partial charge in [-0.2, -0.15) is 5.10 Å². The summed E-state index contributed by atoms with van der Waals surface area (Å²) in [6.45, 7) is 0.920. The van der Waals surface area contributed by atoms with Crippen molar-refractivity contribution in [2.45, 2.75) is 13.0 Å². The van der Waals surface area contributed by atoms with Crippen LogP contribution in [-0.2, 0) is 4.79 Å². The SMILES string of the molecule is CC(=O)Nc1cc(OC[C@@H](O)CO)cnn1.